The van der Waals surface area contributed by atoms with Gasteiger partial charge in [0.1, 0.15) is 0 Å². The number of aryl methyl sites for hydroxylation is 2. The van der Waals surface area contributed by atoms with Crippen molar-refractivity contribution < 1.29 is 9.90 Å². The fraction of sp³-hybridized carbons (Fsp3) is 0.267. The Balaban J connectivity index is 2.00. The van der Waals surface area contributed by atoms with Crippen LogP contribution in [0.4, 0.5) is 5.69 Å². The van der Waals surface area contributed by atoms with Gasteiger partial charge in [0, 0.05) is 22.0 Å². The third-order valence-corrected chi connectivity index (χ3v) is 3.97. The summed E-state index contributed by atoms with van der Waals surface area (Å²) in [5.74, 6) is -0.782. The van der Waals surface area contributed by atoms with E-state index in [1.54, 1.807) is 11.3 Å². The van der Waals surface area contributed by atoms with Gasteiger partial charge in [0.2, 0.25) is 0 Å². The quantitative estimate of drug-likeness (QED) is 0.876. The van der Waals surface area contributed by atoms with E-state index in [2.05, 4.69) is 37.4 Å². The van der Waals surface area contributed by atoms with E-state index in [-0.39, 0.29) is 6.42 Å². The second kappa shape index (κ2) is 5.89. The van der Waals surface area contributed by atoms with Crippen LogP contribution < -0.4 is 5.32 Å². The minimum Gasteiger partial charge on any atom is -0.481 e. The van der Waals surface area contributed by atoms with Gasteiger partial charge in [-0.1, -0.05) is 12.1 Å². The van der Waals surface area contributed by atoms with E-state index in [0.29, 0.717) is 0 Å². The van der Waals surface area contributed by atoms with E-state index in [0.717, 1.165) is 22.0 Å². The maximum absolute atomic E-state index is 10.6. The van der Waals surface area contributed by atoms with Crippen LogP contribution >= 0.6 is 11.3 Å². The normalized spacial score (nSPS) is 10.4. The first-order chi connectivity index (χ1) is 9.04. The summed E-state index contributed by atoms with van der Waals surface area (Å²) in [5.41, 5.74) is 3.58. The molecule has 0 bridgehead atoms. The van der Waals surface area contributed by atoms with Crippen LogP contribution in [0.2, 0.25) is 0 Å². The zero-order chi connectivity index (χ0) is 13.8. The molecule has 0 amide bonds. The van der Waals surface area contributed by atoms with Crippen LogP contribution in [0, 0.1) is 13.8 Å². The standard InChI is InChI=1S/C15H17NO2S/c1-10-3-4-11(2)14(7-10)16-9-13-6-5-12(19-13)8-15(17)18/h3-7,16H,8-9H2,1-2H3,(H,17,18). The molecule has 19 heavy (non-hydrogen) atoms. The van der Waals surface area contributed by atoms with Gasteiger partial charge in [0.15, 0.2) is 0 Å². The second-order valence-corrected chi connectivity index (χ2v) is 5.86. The number of hydrogen-bond donors (Lipinski definition) is 2. The van der Waals surface area contributed by atoms with Crippen LogP contribution in [-0.4, -0.2) is 11.1 Å². The lowest BCUT2D eigenvalue weighted by Crippen LogP contribution is -1.99. The summed E-state index contributed by atoms with van der Waals surface area (Å²) in [7, 11) is 0. The van der Waals surface area contributed by atoms with Gasteiger partial charge in [-0.3, -0.25) is 4.79 Å². The van der Waals surface area contributed by atoms with Gasteiger partial charge in [-0.2, -0.15) is 0 Å². The minimum absolute atomic E-state index is 0.105. The first-order valence-corrected chi connectivity index (χ1v) is 6.97. The van der Waals surface area contributed by atoms with Crippen molar-refractivity contribution in [2.75, 3.05) is 5.32 Å². The fourth-order valence-corrected chi connectivity index (χ4v) is 2.82. The molecule has 0 unspecified atom stereocenters. The van der Waals surface area contributed by atoms with Crippen molar-refractivity contribution in [3.8, 4) is 0 Å². The molecule has 0 atom stereocenters. The maximum Gasteiger partial charge on any atom is 0.308 e. The highest BCUT2D eigenvalue weighted by Gasteiger charge is 2.05. The molecule has 2 rings (SSSR count). The Kier molecular flexibility index (Phi) is 4.22. The molecule has 0 saturated carbocycles. The van der Waals surface area contributed by atoms with Gasteiger partial charge in [-0.05, 0) is 43.2 Å². The predicted molar refractivity (Wildman–Crippen MR) is 78.9 cm³/mol. The van der Waals surface area contributed by atoms with Crippen molar-refractivity contribution in [2.24, 2.45) is 0 Å². The van der Waals surface area contributed by atoms with Crippen LogP contribution in [0.3, 0.4) is 0 Å². The molecule has 0 spiro atoms. The van der Waals surface area contributed by atoms with Gasteiger partial charge in [-0.15, -0.1) is 11.3 Å². The molecule has 2 N–H and O–H groups in total. The Morgan fingerprint density at radius 1 is 1.21 bits per heavy atom. The molecule has 0 saturated heterocycles. The Hall–Kier alpha value is -1.81. The molecule has 0 fully saturated rings. The predicted octanol–water partition coefficient (Wildman–Crippen LogP) is 3.60. The van der Waals surface area contributed by atoms with Crippen molar-refractivity contribution in [1.82, 2.24) is 0 Å². The zero-order valence-electron chi connectivity index (χ0n) is 11.1. The van der Waals surface area contributed by atoms with Gasteiger partial charge in [-0.25, -0.2) is 0 Å². The van der Waals surface area contributed by atoms with Crippen molar-refractivity contribution in [1.29, 1.82) is 0 Å². The topological polar surface area (TPSA) is 49.3 Å². The number of rotatable bonds is 5. The maximum atomic E-state index is 10.6. The monoisotopic (exact) mass is 275 g/mol. The van der Waals surface area contributed by atoms with Crippen molar-refractivity contribution in [3.63, 3.8) is 0 Å². The highest BCUT2D eigenvalue weighted by Crippen LogP contribution is 2.21. The highest BCUT2D eigenvalue weighted by molar-refractivity contribution is 7.12. The number of carboxylic acids is 1. The SMILES string of the molecule is Cc1ccc(C)c(NCc2ccc(CC(=O)O)s2)c1. The minimum atomic E-state index is -0.782. The summed E-state index contributed by atoms with van der Waals surface area (Å²) in [6.07, 6.45) is 0.105. The third-order valence-electron chi connectivity index (χ3n) is 2.89. The molecule has 1 aromatic carbocycles. The van der Waals surface area contributed by atoms with Gasteiger partial charge in [0.25, 0.3) is 0 Å². The molecule has 0 radical (unpaired) electrons. The smallest absolute Gasteiger partial charge is 0.308 e. The lowest BCUT2D eigenvalue weighted by molar-refractivity contribution is -0.136. The molecule has 100 valence electrons. The third kappa shape index (κ3) is 3.83. The molecule has 3 nitrogen and oxygen atoms in total. The molecular weight excluding hydrogens is 258 g/mol. The number of thiophene rings is 1. The Bertz CT molecular complexity index is 590. The number of carboxylic acid groups (broad SMARTS) is 1. The van der Waals surface area contributed by atoms with E-state index in [9.17, 15) is 4.79 Å². The first-order valence-electron chi connectivity index (χ1n) is 6.15. The number of nitrogens with one attached hydrogen (secondary N) is 1. The van der Waals surface area contributed by atoms with Gasteiger partial charge < -0.3 is 10.4 Å². The lowest BCUT2D eigenvalue weighted by Gasteiger charge is -2.09. The van der Waals surface area contributed by atoms with E-state index < -0.39 is 5.97 Å². The number of carbonyl (C=O) groups is 1. The van der Waals surface area contributed by atoms with E-state index in [1.165, 1.54) is 11.1 Å². The largest absolute Gasteiger partial charge is 0.481 e. The first kappa shape index (κ1) is 13.6. The van der Waals surface area contributed by atoms with Crippen LogP contribution in [0.1, 0.15) is 20.9 Å². The van der Waals surface area contributed by atoms with Crippen LogP contribution in [-0.2, 0) is 17.8 Å². The van der Waals surface area contributed by atoms with E-state index in [1.807, 2.05) is 12.1 Å². The molecule has 4 heteroatoms. The molecule has 0 aliphatic rings. The number of hydrogen-bond acceptors (Lipinski definition) is 3. The van der Waals surface area contributed by atoms with Crippen molar-refractivity contribution in [2.45, 2.75) is 26.8 Å². The zero-order valence-corrected chi connectivity index (χ0v) is 11.9. The van der Waals surface area contributed by atoms with Crippen LogP contribution in [0.5, 0.6) is 0 Å². The van der Waals surface area contributed by atoms with Gasteiger partial charge in [0.05, 0.1) is 6.42 Å². The summed E-state index contributed by atoms with van der Waals surface area (Å²) in [6.45, 7) is 4.88. The average molecular weight is 275 g/mol. The number of benzene rings is 1. The summed E-state index contributed by atoms with van der Waals surface area (Å²) in [6, 6.07) is 10.2. The number of aliphatic carboxylic acids is 1. The van der Waals surface area contributed by atoms with Gasteiger partial charge >= 0.3 is 5.97 Å². The summed E-state index contributed by atoms with van der Waals surface area (Å²) >= 11 is 1.55. The molecule has 2 aromatic rings. The Labute approximate surface area is 116 Å². The molecule has 1 heterocycles. The fourth-order valence-electron chi connectivity index (χ4n) is 1.87. The lowest BCUT2D eigenvalue weighted by atomic mass is 10.1. The number of anilines is 1. The van der Waals surface area contributed by atoms with Crippen molar-refractivity contribution in [3.05, 3.63) is 51.2 Å². The van der Waals surface area contributed by atoms with E-state index >= 15 is 0 Å². The Morgan fingerprint density at radius 2 is 1.95 bits per heavy atom. The Morgan fingerprint density at radius 3 is 2.68 bits per heavy atom. The second-order valence-electron chi connectivity index (χ2n) is 4.61. The highest BCUT2D eigenvalue weighted by atomic mass is 32.1. The molecular formula is C15H17NO2S. The van der Waals surface area contributed by atoms with Crippen LogP contribution in [0.15, 0.2) is 30.3 Å². The van der Waals surface area contributed by atoms with Crippen molar-refractivity contribution >= 4 is 23.0 Å². The summed E-state index contributed by atoms with van der Waals surface area (Å²) < 4.78 is 0. The average Bonchev–Trinajstić information content (AvgIpc) is 2.77. The summed E-state index contributed by atoms with van der Waals surface area (Å²) in [4.78, 5) is 12.7. The molecule has 0 aliphatic carbocycles. The van der Waals surface area contributed by atoms with Crippen LogP contribution in [0.25, 0.3) is 0 Å². The van der Waals surface area contributed by atoms with E-state index in [4.69, 9.17) is 5.11 Å². The molecule has 0 aliphatic heterocycles. The summed E-state index contributed by atoms with van der Waals surface area (Å²) in [5, 5.41) is 12.1. The molecule has 1 aromatic heterocycles.